The lowest BCUT2D eigenvalue weighted by atomic mass is 10.1. The largest absolute Gasteiger partial charge is 0.493 e. The van der Waals surface area contributed by atoms with Crippen molar-refractivity contribution in [2.45, 2.75) is 26.3 Å². The van der Waals surface area contributed by atoms with E-state index in [1.165, 1.54) is 4.57 Å². The van der Waals surface area contributed by atoms with E-state index >= 15 is 0 Å². The van der Waals surface area contributed by atoms with E-state index in [0.29, 0.717) is 34.9 Å². The van der Waals surface area contributed by atoms with Gasteiger partial charge in [-0.1, -0.05) is 36.4 Å². The van der Waals surface area contributed by atoms with Crippen molar-refractivity contribution < 1.29 is 9.15 Å². The van der Waals surface area contributed by atoms with E-state index in [4.69, 9.17) is 9.15 Å². The van der Waals surface area contributed by atoms with Crippen LogP contribution < -0.4 is 16.1 Å². The van der Waals surface area contributed by atoms with Crippen LogP contribution in [0.3, 0.4) is 0 Å². The lowest BCUT2D eigenvalue weighted by molar-refractivity contribution is 0.304. The Labute approximate surface area is 175 Å². The standard InChI is InChI=1S/C23H20BrNO4/c1-15-13-18-21(19(24)14-15)25(23(27)29-22(18)26)11-4-5-12-28-20-10-6-8-16-7-2-3-9-17(16)20/h2-3,6-10,13-14H,4-5,11-12H2,1H3. The normalized spacial score (nSPS) is 11.2. The van der Waals surface area contributed by atoms with Gasteiger partial charge in [-0.2, -0.15) is 0 Å². The minimum Gasteiger partial charge on any atom is -0.493 e. The van der Waals surface area contributed by atoms with Gasteiger partial charge in [-0.15, -0.1) is 0 Å². The number of nitrogens with zero attached hydrogens (tertiary/aromatic N) is 1. The second-order valence-electron chi connectivity index (χ2n) is 6.98. The molecular weight excluding hydrogens is 434 g/mol. The van der Waals surface area contributed by atoms with E-state index in [1.807, 2.05) is 43.3 Å². The van der Waals surface area contributed by atoms with Crippen LogP contribution in [0.15, 0.2) is 73.1 Å². The summed E-state index contributed by atoms with van der Waals surface area (Å²) in [6.45, 7) is 2.88. The fraction of sp³-hybridized carbons (Fsp3) is 0.217. The number of hydrogen-bond acceptors (Lipinski definition) is 4. The summed E-state index contributed by atoms with van der Waals surface area (Å²) in [5, 5.41) is 2.63. The summed E-state index contributed by atoms with van der Waals surface area (Å²) in [6.07, 6.45) is 1.48. The average molecular weight is 454 g/mol. The molecule has 0 saturated heterocycles. The number of aryl methyl sites for hydroxylation is 2. The second kappa shape index (κ2) is 8.25. The first kappa shape index (κ1) is 19.5. The molecule has 0 amide bonds. The van der Waals surface area contributed by atoms with Crippen molar-refractivity contribution >= 4 is 37.6 Å². The SMILES string of the molecule is Cc1cc(Br)c2c(c1)c(=O)oc(=O)n2CCCCOc1cccc2ccccc12. The van der Waals surface area contributed by atoms with Crippen LogP contribution in [0.1, 0.15) is 18.4 Å². The van der Waals surface area contributed by atoms with Gasteiger partial charge in [0.05, 0.1) is 17.5 Å². The molecule has 0 aliphatic rings. The van der Waals surface area contributed by atoms with Crippen molar-refractivity contribution in [1.29, 1.82) is 0 Å². The molecule has 0 spiro atoms. The van der Waals surface area contributed by atoms with Crippen LogP contribution in [0.5, 0.6) is 5.75 Å². The van der Waals surface area contributed by atoms with Gasteiger partial charge in [-0.05, 0) is 64.8 Å². The molecule has 0 N–H and O–H groups in total. The third kappa shape index (κ3) is 3.98. The van der Waals surface area contributed by atoms with Crippen LogP contribution in [-0.2, 0) is 6.54 Å². The molecule has 0 fully saturated rings. The smallest absolute Gasteiger partial charge is 0.422 e. The van der Waals surface area contributed by atoms with E-state index in [0.717, 1.165) is 28.5 Å². The molecule has 1 heterocycles. The predicted octanol–water partition coefficient (Wildman–Crippen LogP) is 5.04. The number of aromatic nitrogens is 1. The maximum atomic E-state index is 12.3. The number of fused-ring (bicyclic) bond motifs is 2. The van der Waals surface area contributed by atoms with E-state index in [-0.39, 0.29) is 0 Å². The van der Waals surface area contributed by atoms with Gasteiger partial charge in [-0.25, -0.2) is 9.59 Å². The van der Waals surface area contributed by atoms with Gasteiger partial charge in [0.25, 0.3) is 0 Å². The lowest BCUT2D eigenvalue weighted by Gasteiger charge is -2.12. The first-order valence-electron chi connectivity index (χ1n) is 9.49. The minimum absolute atomic E-state index is 0.406. The third-order valence-electron chi connectivity index (χ3n) is 4.88. The first-order valence-corrected chi connectivity index (χ1v) is 10.3. The Balaban J connectivity index is 1.47. The summed E-state index contributed by atoms with van der Waals surface area (Å²) >= 11 is 3.48. The Bertz CT molecular complexity index is 1300. The molecular formula is C23H20BrNO4. The maximum absolute atomic E-state index is 12.3. The summed E-state index contributed by atoms with van der Waals surface area (Å²) in [4.78, 5) is 24.3. The topological polar surface area (TPSA) is 61.4 Å². The molecule has 6 heteroatoms. The molecule has 4 aromatic rings. The van der Waals surface area contributed by atoms with Crippen LogP contribution in [0, 0.1) is 6.92 Å². The van der Waals surface area contributed by atoms with Crippen LogP contribution in [0.25, 0.3) is 21.7 Å². The Morgan fingerprint density at radius 1 is 1.00 bits per heavy atom. The molecule has 0 saturated carbocycles. The van der Waals surface area contributed by atoms with Crippen molar-refractivity contribution in [3.05, 3.63) is 85.6 Å². The monoisotopic (exact) mass is 453 g/mol. The minimum atomic E-state index is -0.637. The van der Waals surface area contributed by atoms with Crippen molar-refractivity contribution in [3.8, 4) is 5.75 Å². The highest BCUT2D eigenvalue weighted by Gasteiger charge is 2.13. The second-order valence-corrected chi connectivity index (χ2v) is 7.84. The van der Waals surface area contributed by atoms with Crippen molar-refractivity contribution in [3.63, 3.8) is 0 Å². The fourth-order valence-electron chi connectivity index (χ4n) is 3.52. The molecule has 29 heavy (non-hydrogen) atoms. The van der Waals surface area contributed by atoms with Crippen molar-refractivity contribution in [1.82, 2.24) is 4.57 Å². The van der Waals surface area contributed by atoms with Gasteiger partial charge >= 0.3 is 11.4 Å². The molecule has 1 aromatic heterocycles. The van der Waals surface area contributed by atoms with Crippen LogP contribution in [0.2, 0.25) is 0 Å². The number of ether oxygens (including phenoxy) is 1. The molecule has 4 rings (SSSR count). The van der Waals surface area contributed by atoms with Crippen molar-refractivity contribution in [2.75, 3.05) is 6.61 Å². The highest BCUT2D eigenvalue weighted by Crippen LogP contribution is 2.26. The van der Waals surface area contributed by atoms with E-state index in [1.54, 1.807) is 6.07 Å². The highest BCUT2D eigenvalue weighted by atomic mass is 79.9. The molecule has 148 valence electrons. The maximum Gasteiger partial charge on any atom is 0.422 e. The molecule has 0 radical (unpaired) electrons. The molecule has 0 aliphatic carbocycles. The summed E-state index contributed by atoms with van der Waals surface area (Å²) in [5.74, 6) is 0.219. The van der Waals surface area contributed by atoms with Gasteiger partial charge in [-0.3, -0.25) is 4.57 Å². The summed E-state index contributed by atoms with van der Waals surface area (Å²) in [6, 6.07) is 17.7. The fourth-order valence-corrected chi connectivity index (χ4v) is 4.31. The zero-order valence-electron chi connectivity index (χ0n) is 16.0. The van der Waals surface area contributed by atoms with E-state index in [9.17, 15) is 9.59 Å². The number of unbranched alkanes of at least 4 members (excludes halogenated alkanes) is 1. The number of hydrogen-bond donors (Lipinski definition) is 0. The zero-order chi connectivity index (χ0) is 20.4. The number of halogens is 1. The quantitative estimate of drug-likeness (QED) is 0.383. The van der Waals surface area contributed by atoms with Crippen LogP contribution in [0.4, 0.5) is 0 Å². The van der Waals surface area contributed by atoms with E-state index in [2.05, 4.69) is 28.1 Å². The highest BCUT2D eigenvalue weighted by molar-refractivity contribution is 9.10. The lowest BCUT2D eigenvalue weighted by Crippen LogP contribution is -2.25. The molecule has 3 aromatic carbocycles. The molecule has 5 nitrogen and oxygen atoms in total. The summed E-state index contributed by atoms with van der Waals surface area (Å²) in [7, 11) is 0. The van der Waals surface area contributed by atoms with Crippen LogP contribution in [-0.4, -0.2) is 11.2 Å². The van der Waals surface area contributed by atoms with Gasteiger partial charge in [0.1, 0.15) is 5.75 Å². The zero-order valence-corrected chi connectivity index (χ0v) is 17.6. The van der Waals surface area contributed by atoms with E-state index < -0.39 is 11.4 Å². The van der Waals surface area contributed by atoms with Crippen LogP contribution >= 0.6 is 15.9 Å². The Morgan fingerprint density at radius 2 is 1.79 bits per heavy atom. The first-order chi connectivity index (χ1) is 14.0. The third-order valence-corrected chi connectivity index (χ3v) is 5.49. The summed E-state index contributed by atoms with van der Waals surface area (Å²) < 4.78 is 13.1. The number of benzene rings is 3. The van der Waals surface area contributed by atoms with Gasteiger partial charge < -0.3 is 9.15 Å². The molecule has 0 aliphatic heterocycles. The van der Waals surface area contributed by atoms with Gasteiger partial charge in [0.2, 0.25) is 0 Å². The average Bonchev–Trinajstić information content (AvgIpc) is 2.70. The predicted molar refractivity (Wildman–Crippen MR) is 118 cm³/mol. The molecule has 0 bridgehead atoms. The molecule has 0 unspecified atom stereocenters. The Hall–Kier alpha value is -2.86. The van der Waals surface area contributed by atoms with Gasteiger partial charge in [0, 0.05) is 16.4 Å². The Kier molecular flexibility index (Phi) is 5.53. The van der Waals surface area contributed by atoms with Crippen molar-refractivity contribution in [2.24, 2.45) is 0 Å². The van der Waals surface area contributed by atoms with Gasteiger partial charge in [0.15, 0.2) is 0 Å². The molecule has 0 atom stereocenters. The Morgan fingerprint density at radius 3 is 2.66 bits per heavy atom. The summed E-state index contributed by atoms with van der Waals surface area (Å²) in [5.41, 5.74) is 0.891. The number of rotatable bonds is 6.